The Labute approximate surface area is 94.1 Å². The van der Waals surface area contributed by atoms with Gasteiger partial charge in [-0.15, -0.1) is 0 Å². The van der Waals surface area contributed by atoms with Gasteiger partial charge < -0.3 is 15.5 Å². The van der Waals surface area contributed by atoms with E-state index in [2.05, 4.69) is 20.6 Å². The maximum Gasteiger partial charge on any atom is 0.317 e. The van der Waals surface area contributed by atoms with Gasteiger partial charge in [-0.1, -0.05) is 0 Å². The average molecular weight is 221 g/mol. The summed E-state index contributed by atoms with van der Waals surface area (Å²) in [6.07, 6.45) is 1.53. The molecule has 0 unspecified atom stereocenters. The molecule has 1 saturated heterocycles. The molecule has 6 nitrogen and oxygen atoms in total. The molecular weight excluding hydrogens is 206 g/mol. The summed E-state index contributed by atoms with van der Waals surface area (Å²) in [7, 11) is 1.64. The standard InChI is InChI=1S/C10H15N5O/c1-7-3-9(13-6-12-7)14-8-4-15(5-8)10(16)11-2/h3,6,8H,4-5H2,1-2H3,(H,11,16)(H,12,13,14). The Kier molecular flexibility index (Phi) is 2.89. The third-order valence-corrected chi connectivity index (χ3v) is 2.54. The summed E-state index contributed by atoms with van der Waals surface area (Å²) >= 11 is 0. The smallest absolute Gasteiger partial charge is 0.317 e. The van der Waals surface area contributed by atoms with E-state index in [1.165, 1.54) is 6.33 Å². The van der Waals surface area contributed by atoms with Gasteiger partial charge in [0.1, 0.15) is 12.1 Å². The first kappa shape index (κ1) is 10.7. The molecule has 0 radical (unpaired) electrons. The molecule has 16 heavy (non-hydrogen) atoms. The molecule has 0 spiro atoms. The predicted octanol–water partition coefficient (Wildman–Crippen LogP) is 0.221. The lowest BCUT2D eigenvalue weighted by atomic mass is 10.1. The third-order valence-electron chi connectivity index (χ3n) is 2.54. The number of aromatic nitrogens is 2. The van der Waals surface area contributed by atoms with Gasteiger partial charge >= 0.3 is 6.03 Å². The Morgan fingerprint density at radius 3 is 2.88 bits per heavy atom. The molecule has 1 aliphatic heterocycles. The number of likely N-dealkylation sites (tertiary alicyclic amines) is 1. The number of carbonyl (C=O) groups excluding carboxylic acids is 1. The van der Waals surface area contributed by atoms with E-state index in [0.29, 0.717) is 13.1 Å². The highest BCUT2D eigenvalue weighted by Gasteiger charge is 2.29. The van der Waals surface area contributed by atoms with Crippen LogP contribution in [0.2, 0.25) is 0 Å². The number of amides is 2. The number of urea groups is 1. The fourth-order valence-electron chi connectivity index (χ4n) is 1.64. The van der Waals surface area contributed by atoms with Crippen molar-refractivity contribution in [2.24, 2.45) is 0 Å². The number of aryl methyl sites for hydroxylation is 1. The summed E-state index contributed by atoms with van der Waals surface area (Å²) in [5.74, 6) is 0.814. The van der Waals surface area contributed by atoms with Crippen LogP contribution in [0.15, 0.2) is 12.4 Å². The van der Waals surface area contributed by atoms with Crippen LogP contribution in [0, 0.1) is 6.92 Å². The van der Waals surface area contributed by atoms with E-state index in [1.54, 1.807) is 11.9 Å². The number of anilines is 1. The van der Waals surface area contributed by atoms with Gasteiger partial charge in [0.15, 0.2) is 0 Å². The van der Waals surface area contributed by atoms with Gasteiger partial charge in [-0.05, 0) is 6.92 Å². The molecule has 0 saturated carbocycles. The molecule has 2 heterocycles. The molecule has 86 valence electrons. The molecule has 1 aromatic heterocycles. The summed E-state index contributed by atoms with van der Waals surface area (Å²) in [4.78, 5) is 21.1. The zero-order valence-electron chi connectivity index (χ0n) is 9.40. The summed E-state index contributed by atoms with van der Waals surface area (Å²) < 4.78 is 0. The minimum absolute atomic E-state index is 0.0306. The number of rotatable bonds is 2. The van der Waals surface area contributed by atoms with Crippen molar-refractivity contribution < 1.29 is 4.79 Å². The molecule has 1 aliphatic rings. The lowest BCUT2D eigenvalue weighted by Gasteiger charge is -2.39. The van der Waals surface area contributed by atoms with Crippen molar-refractivity contribution in [3.05, 3.63) is 18.1 Å². The van der Waals surface area contributed by atoms with E-state index in [9.17, 15) is 4.79 Å². The van der Waals surface area contributed by atoms with Crippen molar-refractivity contribution in [2.45, 2.75) is 13.0 Å². The number of nitrogens with one attached hydrogen (secondary N) is 2. The normalized spacial score (nSPS) is 15.5. The van der Waals surface area contributed by atoms with Crippen LogP contribution >= 0.6 is 0 Å². The van der Waals surface area contributed by atoms with E-state index in [1.807, 2.05) is 13.0 Å². The lowest BCUT2D eigenvalue weighted by Crippen LogP contribution is -2.59. The molecule has 0 aromatic carbocycles. The van der Waals surface area contributed by atoms with Gasteiger partial charge in [-0.3, -0.25) is 0 Å². The molecule has 0 atom stereocenters. The second-order valence-corrected chi connectivity index (χ2v) is 3.85. The molecule has 1 aromatic rings. The largest absolute Gasteiger partial charge is 0.364 e. The Balaban J connectivity index is 1.84. The van der Waals surface area contributed by atoms with E-state index in [4.69, 9.17) is 0 Å². The topological polar surface area (TPSA) is 70.2 Å². The van der Waals surface area contributed by atoms with Crippen LogP contribution < -0.4 is 10.6 Å². The second kappa shape index (κ2) is 4.34. The maximum absolute atomic E-state index is 11.2. The van der Waals surface area contributed by atoms with Crippen LogP contribution in [0.3, 0.4) is 0 Å². The summed E-state index contributed by atoms with van der Waals surface area (Å²) in [5, 5.41) is 5.85. The van der Waals surface area contributed by atoms with E-state index in [-0.39, 0.29) is 12.1 Å². The van der Waals surface area contributed by atoms with E-state index >= 15 is 0 Å². The van der Waals surface area contributed by atoms with Gasteiger partial charge in [-0.25, -0.2) is 14.8 Å². The highest BCUT2D eigenvalue weighted by Crippen LogP contribution is 2.13. The zero-order valence-corrected chi connectivity index (χ0v) is 9.40. The van der Waals surface area contributed by atoms with Gasteiger partial charge in [-0.2, -0.15) is 0 Å². The zero-order chi connectivity index (χ0) is 11.5. The van der Waals surface area contributed by atoms with E-state index < -0.39 is 0 Å². The molecular formula is C10H15N5O. The van der Waals surface area contributed by atoms with Gasteiger partial charge in [0.05, 0.1) is 6.04 Å². The molecule has 2 rings (SSSR count). The Bertz CT molecular complexity index is 389. The van der Waals surface area contributed by atoms with Crippen LogP contribution in [0.1, 0.15) is 5.69 Å². The first-order valence-corrected chi connectivity index (χ1v) is 5.21. The SMILES string of the molecule is CNC(=O)N1CC(Nc2cc(C)ncn2)C1. The van der Waals surface area contributed by atoms with Crippen LogP contribution in [-0.4, -0.2) is 47.1 Å². The van der Waals surface area contributed by atoms with Crippen molar-refractivity contribution in [3.63, 3.8) is 0 Å². The van der Waals surface area contributed by atoms with E-state index in [0.717, 1.165) is 11.5 Å². The third kappa shape index (κ3) is 2.21. The second-order valence-electron chi connectivity index (χ2n) is 3.85. The number of hydrogen-bond donors (Lipinski definition) is 2. The van der Waals surface area contributed by atoms with Gasteiger partial charge in [0.2, 0.25) is 0 Å². The van der Waals surface area contributed by atoms with Crippen molar-refractivity contribution in [1.29, 1.82) is 0 Å². The summed E-state index contributed by atoms with van der Waals surface area (Å²) in [5.41, 5.74) is 0.931. The van der Waals surface area contributed by atoms with Crippen molar-refractivity contribution >= 4 is 11.8 Å². The summed E-state index contributed by atoms with van der Waals surface area (Å²) in [6.45, 7) is 3.34. The van der Waals surface area contributed by atoms with Crippen molar-refractivity contribution in [2.75, 3.05) is 25.5 Å². The Hall–Kier alpha value is -1.85. The van der Waals surface area contributed by atoms with Crippen LogP contribution in [-0.2, 0) is 0 Å². The summed E-state index contributed by atoms with van der Waals surface area (Å²) in [6, 6.07) is 2.14. The van der Waals surface area contributed by atoms with Crippen LogP contribution in [0.25, 0.3) is 0 Å². The van der Waals surface area contributed by atoms with Crippen LogP contribution in [0.5, 0.6) is 0 Å². The quantitative estimate of drug-likeness (QED) is 0.749. The minimum atomic E-state index is -0.0306. The fourth-order valence-corrected chi connectivity index (χ4v) is 1.64. The Morgan fingerprint density at radius 1 is 1.50 bits per heavy atom. The van der Waals surface area contributed by atoms with Gasteiger partial charge in [0, 0.05) is 31.9 Å². The number of carbonyl (C=O) groups is 1. The molecule has 0 bridgehead atoms. The molecule has 1 fully saturated rings. The molecule has 0 aliphatic carbocycles. The van der Waals surface area contributed by atoms with Gasteiger partial charge in [0.25, 0.3) is 0 Å². The first-order valence-electron chi connectivity index (χ1n) is 5.21. The average Bonchev–Trinajstić information content (AvgIpc) is 2.22. The molecule has 2 amide bonds. The highest BCUT2D eigenvalue weighted by molar-refractivity contribution is 5.75. The molecule has 2 N–H and O–H groups in total. The maximum atomic E-state index is 11.2. The minimum Gasteiger partial charge on any atom is -0.364 e. The number of nitrogens with zero attached hydrogens (tertiary/aromatic N) is 3. The molecule has 6 heteroatoms. The number of hydrogen-bond acceptors (Lipinski definition) is 4. The van der Waals surface area contributed by atoms with Crippen molar-refractivity contribution in [1.82, 2.24) is 20.2 Å². The fraction of sp³-hybridized carbons (Fsp3) is 0.500. The van der Waals surface area contributed by atoms with Crippen molar-refractivity contribution in [3.8, 4) is 0 Å². The highest BCUT2D eigenvalue weighted by atomic mass is 16.2. The Morgan fingerprint density at radius 2 is 2.25 bits per heavy atom. The predicted molar refractivity (Wildman–Crippen MR) is 60.2 cm³/mol. The first-order chi connectivity index (χ1) is 7.69. The monoisotopic (exact) mass is 221 g/mol. The van der Waals surface area contributed by atoms with Crippen LogP contribution in [0.4, 0.5) is 10.6 Å². The lowest BCUT2D eigenvalue weighted by molar-refractivity contribution is 0.160.